The van der Waals surface area contributed by atoms with E-state index in [1.807, 2.05) is 4.90 Å². The fourth-order valence-corrected chi connectivity index (χ4v) is 2.66. The van der Waals surface area contributed by atoms with Crippen molar-refractivity contribution in [2.24, 2.45) is 0 Å². The standard InChI is InChI=1S/C15H14FN7O/c16-10-5-7-22(9-10)14-4-3-13-17-8-11(23(13)21-14)15(24)19-12-2-1-6-18-20-12/h1-4,6,8,10H,5,7,9H2,(H,19,20,24). The summed E-state index contributed by atoms with van der Waals surface area (Å²) in [5, 5.41) is 14.6. The van der Waals surface area contributed by atoms with Gasteiger partial charge in [-0.15, -0.1) is 10.2 Å². The monoisotopic (exact) mass is 327 g/mol. The van der Waals surface area contributed by atoms with Crippen LogP contribution in [0, 0.1) is 0 Å². The Morgan fingerprint density at radius 1 is 1.33 bits per heavy atom. The summed E-state index contributed by atoms with van der Waals surface area (Å²) < 4.78 is 14.8. The van der Waals surface area contributed by atoms with Gasteiger partial charge in [0.25, 0.3) is 5.91 Å². The first-order valence-electron chi connectivity index (χ1n) is 7.53. The molecular weight excluding hydrogens is 313 g/mol. The Morgan fingerprint density at radius 2 is 2.25 bits per heavy atom. The van der Waals surface area contributed by atoms with E-state index in [0.717, 1.165) is 0 Å². The maximum absolute atomic E-state index is 13.4. The number of nitrogens with zero attached hydrogens (tertiary/aromatic N) is 6. The molecule has 0 aromatic carbocycles. The molecule has 1 fully saturated rings. The summed E-state index contributed by atoms with van der Waals surface area (Å²) in [6.45, 7) is 0.920. The fourth-order valence-electron chi connectivity index (χ4n) is 2.66. The van der Waals surface area contributed by atoms with E-state index in [9.17, 15) is 9.18 Å². The summed E-state index contributed by atoms with van der Waals surface area (Å²) in [5.74, 6) is 0.570. The molecule has 24 heavy (non-hydrogen) atoms. The number of hydrogen-bond donors (Lipinski definition) is 1. The third kappa shape index (κ3) is 2.64. The Kier molecular flexibility index (Phi) is 3.52. The quantitative estimate of drug-likeness (QED) is 0.780. The molecule has 1 unspecified atom stereocenters. The molecule has 1 N–H and O–H groups in total. The zero-order chi connectivity index (χ0) is 16.5. The van der Waals surface area contributed by atoms with E-state index in [4.69, 9.17) is 0 Å². The number of hydrogen-bond acceptors (Lipinski definition) is 6. The molecule has 4 rings (SSSR count). The zero-order valence-corrected chi connectivity index (χ0v) is 12.6. The van der Waals surface area contributed by atoms with Gasteiger partial charge in [-0.2, -0.15) is 5.10 Å². The van der Waals surface area contributed by atoms with Crippen LogP contribution < -0.4 is 10.2 Å². The molecule has 9 heteroatoms. The maximum atomic E-state index is 13.4. The summed E-state index contributed by atoms with van der Waals surface area (Å²) in [6.07, 6.45) is 2.61. The summed E-state index contributed by atoms with van der Waals surface area (Å²) in [5.41, 5.74) is 0.813. The molecule has 4 heterocycles. The van der Waals surface area contributed by atoms with E-state index in [1.165, 1.54) is 16.9 Å². The van der Waals surface area contributed by atoms with Gasteiger partial charge in [-0.25, -0.2) is 13.9 Å². The minimum absolute atomic E-state index is 0.272. The van der Waals surface area contributed by atoms with Crippen LogP contribution in [0.5, 0.6) is 0 Å². The van der Waals surface area contributed by atoms with Gasteiger partial charge in [0.2, 0.25) is 0 Å². The molecule has 0 radical (unpaired) electrons. The molecule has 1 aliphatic heterocycles. The van der Waals surface area contributed by atoms with Crippen LogP contribution in [0.4, 0.5) is 16.0 Å². The third-order valence-electron chi connectivity index (χ3n) is 3.85. The van der Waals surface area contributed by atoms with E-state index in [0.29, 0.717) is 36.8 Å². The maximum Gasteiger partial charge on any atom is 0.277 e. The lowest BCUT2D eigenvalue weighted by molar-refractivity contribution is 0.102. The van der Waals surface area contributed by atoms with Crippen molar-refractivity contribution in [3.63, 3.8) is 0 Å². The molecule has 0 aliphatic carbocycles. The average Bonchev–Trinajstić information content (AvgIpc) is 3.21. The average molecular weight is 327 g/mol. The number of carbonyl (C=O) groups is 1. The number of anilines is 2. The van der Waals surface area contributed by atoms with Crippen LogP contribution in [0.2, 0.25) is 0 Å². The van der Waals surface area contributed by atoms with Crippen molar-refractivity contribution >= 4 is 23.2 Å². The Bertz CT molecular complexity index is 882. The number of imidazole rings is 1. The molecule has 0 bridgehead atoms. The van der Waals surface area contributed by atoms with Gasteiger partial charge in [-0.05, 0) is 30.7 Å². The molecule has 122 valence electrons. The van der Waals surface area contributed by atoms with Gasteiger partial charge in [0, 0.05) is 12.7 Å². The van der Waals surface area contributed by atoms with Gasteiger partial charge < -0.3 is 10.2 Å². The van der Waals surface area contributed by atoms with Crippen molar-refractivity contribution in [3.8, 4) is 0 Å². The lowest BCUT2D eigenvalue weighted by atomic mass is 10.3. The van der Waals surface area contributed by atoms with Crippen LogP contribution in [-0.2, 0) is 0 Å². The molecule has 0 saturated carbocycles. The Morgan fingerprint density at radius 3 is 3.00 bits per heavy atom. The number of carbonyl (C=O) groups excluding carboxylic acids is 1. The lowest BCUT2D eigenvalue weighted by Gasteiger charge is -2.16. The van der Waals surface area contributed by atoms with Gasteiger partial charge in [0.05, 0.1) is 12.7 Å². The van der Waals surface area contributed by atoms with Gasteiger partial charge in [0.15, 0.2) is 17.2 Å². The largest absolute Gasteiger partial charge is 0.352 e. The second kappa shape index (κ2) is 5.84. The normalized spacial score (nSPS) is 17.4. The van der Waals surface area contributed by atoms with Crippen LogP contribution in [0.3, 0.4) is 0 Å². The van der Waals surface area contributed by atoms with Gasteiger partial charge in [-0.3, -0.25) is 4.79 Å². The highest BCUT2D eigenvalue weighted by Gasteiger charge is 2.24. The van der Waals surface area contributed by atoms with Gasteiger partial charge in [-0.1, -0.05) is 0 Å². The molecular formula is C15H14FN7O. The van der Waals surface area contributed by atoms with Crippen molar-refractivity contribution in [2.75, 3.05) is 23.3 Å². The first-order valence-corrected chi connectivity index (χ1v) is 7.53. The highest BCUT2D eigenvalue weighted by Crippen LogP contribution is 2.20. The number of fused-ring (bicyclic) bond motifs is 1. The van der Waals surface area contributed by atoms with Crippen molar-refractivity contribution in [1.29, 1.82) is 0 Å². The van der Waals surface area contributed by atoms with Crippen molar-refractivity contribution in [1.82, 2.24) is 24.8 Å². The van der Waals surface area contributed by atoms with Gasteiger partial charge in [0.1, 0.15) is 12.0 Å². The van der Waals surface area contributed by atoms with Crippen LogP contribution >= 0.6 is 0 Å². The number of halogens is 1. The topological polar surface area (TPSA) is 88.3 Å². The van der Waals surface area contributed by atoms with Crippen LogP contribution in [0.25, 0.3) is 5.65 Å². The summed E-state index contributed by atoms with van der Waals surface area (Å²) >= 11 is 0. The molecule has 8 nitrogen and oxygen atoms in total. The predicted molar refractivity (Wildman–Crippen MR) is 84.7 cm³/mol. The summed E-state index contributed by atoms with van der Waals surface area (Å²) in [6, 6.07) is 6.85. The van der Waals surface area contributed by atoms with E-state index < -0.39 is 12.1 Å². The molecule has 1 saturated heterocycles. The molecule has 1 amide bonds. The highest BCUT2D eigenvalue weighted by atomic mass is 19.1. The van der Waals surface area contributed by atoms with E-state index in [2.05, 4.69) is 25.6 Å². The lowest BCUT2D eigenvalue weighted by Crippen LogP contribution is -2.23. The number of amides is 1. The smallest absolute Gasteiger partial charge is 0.277 e. The highest BCUT2D eigenvalue weighted by molar-refractivity contribution is 6.02. The van der Waals surface area contributed by atoms with Crippen LogP contribution in [-0.4, -0.2) is 50.0 Å². The van der Waals surface area contributed by atoms with Crippen molar-refractivity contribution < 1.29 is 9.18 Å². The molecule has 1 aliphatic rings. The number of rotatable bonds is 3. The van der Waals surface area contributed by atoms with Crippen molar-refractivity contribution in [2.45, 2.75) is 12.6 Å². The number of aromatic nitrogens is 5. The van der Waals surface area contributed by atoms with E-state index >= 15 is 0 Å². The molecule has 0 spiro atoms. The first kappa shape index (κ1) is 14.5. The SMILES string of the molecule is O=C(Nc1cccnn1)c1cnc2ccc(N3CCC(F)C3)nn12. The second-order valence-electron chi connectivity index (χ2n) is 5.50. The minimum Gasteiger partial charge on any atom is -0.352 e. The second-order valence-corrected chi connectivity index (χ2v) is 5.50. The minimum atomic E-state index is -0.843. The Labute approximate surface area is 136 Å². The number of alkyl halides is 1. The molecule has 3 aromatic rings. The Balaban J connectivity index is 1.64. The Hall–Kier alpha value is -3.10. The summed E-state index contributed by atoms with van der Waals surface area (Å²) in [7, 11) is 0. The first-order chi connectivity index (χ1) is 11.7. The zero-order valence-electron chi connectivity index (χ0n) is 12.6. The predicted octanol–water partition coefficient (Wildman–Crippen LogP) is 1.32. The van der Waals surface area contributed by atoms with E-state index in [1.54, 1.807) is 24.3 Å². The van der Waals surface area contributed by atoms with Crippen LogP contribution in [0.15, 0.2) is 36.7 Å². The number of nitrogens with one attached hydrogen (secondary N) is 1. The van der Waals surface area contributed by atoms with Gasteiger partial charge >= 0.3 is 0 Å². The third-order valence-corrected chi connectivity index (χ3v) is 3.85. The summed E-state index contributed by atoms with van der Waals surface area (Å²) in [4.78, 5) is 18.5. The van der Waals surface area contributed by atoms with E-state index in [-0.39, 0.29) is 5.69 Å². The van der Waals surface area contributed by atoms with Crippen molar-refractivity contribution in [3.05, 3.63) is 42.4 Å². The van der Waals surface area contributed by atoms with Crippen LogP contribution in [0.1, 0.15) is 16.9 Å². The molecule has 1 atom stereocenters. The fraction of sp³-hybridized carbons (Fsp3) is 0.267. The molecule has 3 aromatic heterocycles.